The van der Waals surface area contributed by atoms with Gasteiger partial charge >= 0.3 is 5.97 Å². The highest BCUT2D eigenvalue weighted by atomic mass is 16.6. The third-order valence-corrected chi connectivity index (χ3v) is 3.57. The first-order valence-corrected chi connectivity index (χ1v) is 7.94. The Morgan fingerprint density at radius 3 is 2.20 bits per heavy atom. The number of rotatable bonds is 7. The second-order valence-corrected chi connectivity index (χ2v) is 5.24. The van der Waals surface area contributed by atoms with E-state index in [-0.39, 0.29) is 13.2 Å². The van der Waals surface area contributed by atoms with Gasteiger partial charge in [-0.05, 0) is 24.3 Å². The van der Waals surface area contributed by atoms with Gasteiger partial charge in [-0.15, -0.1) is 0 Å². The summed E-state index contributed by atoms with van der Waals surface area (Å²) in [5.41, 5.74) is 0. The van der Waals surface area contributed by atoms with Crippen molar-refractivity contribution >= 4 is 16.7 Å². The van der Waals surface area contributed by atoms with Crippen molar-refractivity contribution in [2.75, 3.05) is 13.2 Å². The minimum absolute atomic E-state index is 0.168. The van der Waals surface area contributed by atoms with Gasteiger partial charge in [-0.25, -0.2) is 4.79 Å². The summed E-state index contributed by atoms with van der Waals surface area (Å²) >= 11 is 0. The normalized spacial score (nSPS) is 10.2. The molecule has 3 rings (SSSR count). The molecule has 0 fully saturated rings. The third kappa shape index (κ3) is 4.18. The monoisotopic (exact) mass is 334 g/mol. The lowest BCUT2D eigenvalue weighted by Crippen LogP contribution is -2.10. The third-order valence-electron chi connectivity index (χ3n) is 3.57. The zero-order valence-electron chi connectivity index (χ0n) is 13.7. The molecule has 0 aliphatic rings. The van der Waals surface area contributed by atoms with Crippen LogP contribution < -0.4 is 9.47 Å². The van der Waals surface area contributed by atoms with E-state index in [0.717, 1.165) is 28.3 Å². The average Bonchev–Trinajstić information content (AvgIpc) is 2.67. The van der Waals surface area contributed by atoms with Crippen molar-refractivity contribution in [3.63, 3.8) is 0 Å². The van der Waals surface area contributed by atoms with E-state index in [2.05, 4.69) is 6.58 Å². The summed E-state index contributed by atoms with van der Waals surface area (Å²) in [7, 11) is 0. The van der Waals surface area contributed by atoms with Gasteiger partial charge in [0.1, 0.15) is 30.5 Å². The average molecular weight is 334 g/mol. The van der Waals surface area contributed by atoms with Gasteiger partial charge in [0.25, 0.3) is 0 Å². The van der Waals surface area contributed by atoms with Crippen LogP contribution in [0.2, 0.25) is 0 Å². The molecule has 0 N–H and O–H groups in total. The molecule has 3 aromatic rings. The topological polar surface area (TPSA) is 44.8 Å². The highest BCUT2D eigenvalue weighted by molar-refractivity contribution is 5.93. The van der Waals surface area contributed by atoms with Gasteiger partial charge in [0.05, 0.1) is 0 Å². The van der Waals surface area contributed by atoms with Crippen molar-refractivity contribution in [3.05, 3.63) is 79.4 Å². The zero-order chi connectivity index (χ0) is 17.5. The van der Waals surface area contributed by atoms with Crippen molar-refractivity contribution in [3.8, 4) is 17.2 Å². The lowest BCUT2D eigenvalue weighted by molar-refractivity contribution is -0.138. The Hall–Kier alpha value is -3.27. The lowest BCUT2D eigenvalue weighted by atomic mass is 10.1. The molecular formula is C21H18O4. The van der Waals surface area contributed by atoms with Crippen LogP contribution in [-0.4, -0.2) is 19.2 Å². The second kappa shape index (κ2) is 8.02. The van der Waals surface area contributed by atoms with Crippen LogP contribution in [0.5, 0.6) is 17.2 Å². The molecule has 0 spiro atoms. The summed E-state index contributed by atoms with van der Waals surface area (Å²) in [6.07, 6.45) is 1.13. The van der Waals surface area contributed by atoms with Crippen LogP contribution in [-0.2, 0) is 9.53 Å². The summed E-state index contributed by atoms with van der Waals surface area (Å²) in [5.74, 6) is 1.79. The largest absolute Gasteiger partial charge is 0.489 e. The predicted octanol–water partition coefficient (Wildman–Crippen LogP) is 4.74. The first-order chi connectivity index (χ1) is 12.3. The van der Waals surface area contributed by atoms with Crippen molar-refractivity contribution < 1.29 is 19.0 Å². The van der Waals surface area contributed by atoms with Crippen LogP contribution in [0.3, 0.4) is 0 Å². The molecule has 0 radical (unpaired) electrons. The van der Waals surface area contributed by atoms with Crippen molar-refractivity contribution in [1.82, 2.24) is 0 Å². The number of hydrogen-bond acceptors (Lipinski definition) is 4. The van der Waals surface area contributed by atoms with Crippen LogP contribution in [0.25, 0.3) is 10.8 Å². The number of para-hydroxylation sites is 1. The summed E-state index contributed by atoms with van der Waals surface area (Å²) < 4.78 is 16.7. The predicted molar refractivity (Wildman–Crippen MR) is 97.1 cm³/mol. The number of hydrogen-bond donors (Lipinski definition) is 0. The number of ether oxygens (including phenoxy) is 3. The van der Waals surface area contributed by atoms with Crippen molar-refractivity contribution in [2.45, 2.75) is 0 Å². The number of esters is 1. The maximum atomic E-state index is 11.0. The molecule has 0 saturated heterocycles. The van der Waals surface area contributed by atoms with Gasteiger partial charge in [-0.1, -0.05) is 49.0 Å². The summed E-state index contributed by atoms with van der Waals surface area (Å²) in [4.78, 5) is 11.0. The molecule has 0 amide bonds. The Balaban J connectivity index is 1.78. The van der Waals surface area contributed by atoms with Gasteiger partial charge in [0.2, 0.25) is 0 Å². The molecule has 0 atom stereocenters. The number of carbonyl (C=O) groups excluding carboxylic acids is 1. The van der Waals surface area contributed by atoms with Gasteiger partial charge < -0.3 is 14.2 Å². The molecule has 126 valence electrons. The molecular weight excluding hydrogens is 316 g/mol. The van der Waals surface area contributed by atoms with Crippen LogP contribution in [0, 0.1) is 0 Å². The van der Waals surface area contributed by atoms with Crippen LogP contribution in [0.15, 0.2) is 79.4 Å². The van der Waals surface area contributed by atoms with Gasteiger partial charge in [-0.3, -0.25) is 0 Å². The standard InChI is InChI=1S/C21H18O4/c1-2-21(22)24-15-14-23-19-12-13-20(18-11-7-6-10-17(18)19)25-16-8-4-3-5-9-16/h2-13H,1,14-15H2. The Bertz CT molecular complexity index is 871. The molecule has 0 aliphatic carbocycles. The minimum Gasteiger partial charge on any atom is -0.489 e. The zero-order valence-corrected chi connectivity index (χ0v) is 13.7. The van der Waals surface area contributed by atoms with E-state index in [0.29, 0.717) is 5.75 Å². The summed E-state index contributed by atoms with van der Waals surface area (Å²) in [6, 6.07) is 21.2. The Kier molecular flexibility index (Phi) is 5.32. The maximum Gasteiger partial charge on any atom is 0.330 e. The van der Waals surface area contributed by atoms with Gasteiger partial charge in [0.15, 0.2) is 0 Å². The van der Waals surface area contributed by atoms with Gasteiger partial charge in [-0.2, -0.15) is 0 Å². The fourth-order valence-electron chi connectivity index (χ4n) is 2.43. The van der Waals surface area contributed by atoms with E-state index in [1.807, 2.05) is 66.7 Å². The van der Waals surface area contributed by atoms with Crippen molar-refractivity contribution in [1.29, 1.82) is 0 Å². The minimum atomic E-state index is -0.458. The van der Waals surface area contributed by atoms with E-state index in [9.17, 15) is 4.79 Å². The lowest BCUT2D eigenvalue weighted by Gasteiger charge is -2.13. The maximum absolute atomic E-state index is 11.0. The number of fused-ring (bicyclic) bond motifs is 1. The Morgan fingerprint density at radius 1 is 0.840 bits per heavy atom. The van der Waals surface area contributed by atoms with E-state index in [1.54, 1.807) is 0 Å². The van der Waals surface area contributed by atoms with E-state index < -0.39 is 5.97 Å². The molecule has 0 aliphatic heterocycles. The van der Waals surface area contributed by atoms with Crippen LogP contribution >= 0.6 is 0 Å². The Labute approximate surface area is 146 Å². The molecule has 0 bridgehead atoms. The highest BCUT2D eigenvalue weighted by Crippen LogP contribution is 2.35. The SMILES string of the molecule is C=CC(=O)OCCOc1ccc(Oc2ccccc2)c2ccccc12. The van der Waals surface area contributed by atoms with E-state index >= 15 is 0 Å². The summed E-state index contributed by atoms with van der Waals surface area (Å²) in [5, 5.41) is 1.89. The molecule has 25 heavy (non-hydrogen) atoms. The van der Waals surface area contributed by atoms with Gasteiger partial charge in [0, 0.05) is 16.8 Å². The van der Waals surface area contributed by atoms with Crippen molar-refractivity contribution in [2.24, 2.45) is 0 Å². The molecule has 4 nitrogen and oxygen atoms in total. The quantitative estimate of drug-likeness (QED) is 0.356. The number of carbonyl (C=O) groups is 1. The fraction of sp³-hybridized carbons (Fsp3) is 0.0952. The van der Waals surface area contributed by atoms with E-state index in [4.69, 9.17) is 14.2 Å². The smallest absolute Gasteiger partial charge is 0.330 e. The molecule has 4 heteroatoms. The fourth-order valence-corrected chi connectivity index (χ4v) is 2.43. The molecule has 0 aromatic heterocycles. The van der Waals surface area contributed by atoms with E-state index in [1.165, 1.54) is 0 Å². The molecule has 0 unspecified atom stereocenters. The summed E-state index contributed by atoms with van der Waals surface area (Å²) in [6.45, 7) is 3.79. The number of benzene rings is 3. The molecule has 3 aromatic carbocycles. The highest BCUT2D eigenvalue weighted by Gasteiger charge is 2.09. The first kappa shape index (κ1) is 16.6. The second-order valence-electron chi connectivity index (χ2n) is 5.24. The van der Waals surface area contributed by atoms with Crippen LogP contribution in [0.4, 0.5) is 0 Å². The molecule has 0 heterocycles. The first-order valence-electron chi connectivity index (χ1n) is 7.94. The van der Waals surface area contributed by atoms with Crippen LogP contribution in [0.1, 0.15) is 0 Å². The molecule has 0 saturated carbocycles. The Morgan fingerprint density at radius 2 is 1.48 bits per heavy atom.